The van der Waals surface area contributed by atoms with E-state index in [0.717, 1.165) is 5.69 Å². The number of aliphatic imine (C=N–C) groups is 1. The second kappa shape index (κ2) is 4.50. The Hall–Kier alpha value is -1.31. The van der Waals surface area contributed by atoms with E-state index in [1.54, 1.807) is 0 Å². The summed E-state index contributed by atoms with van der Waals surface area (Å²) in [5.74, 6) is 0. The number of para-hydroxylation sites is 1. The van der Waals surface area contributed by atoms with Crippen LogP contribution in [0.3, 0.4) is 0 Å². The summed E-state index contributed by atoms with van der Waals surface area (Å²) in [5, 5.41) is 0. The van der Waals surface area contributed by atoms with Crippen molar-refractivity contribution >= 4 is 12.1 Å². The van der Waals surface area contributed by atoms with Gasteiger partial charge in [-0.05, 0) is 19.1 Å². The van der Waals surface area contributed by atoms with Crippen molar-refractivity contribution in [2.24, 2.45) is 4.99 Å². The van der Waals surface area contributed by atoms with E-state index in [0.29, 0.717) is 6.61 Å². The third-order valence-electron chi connectivity index (χ3n) is 1.20. The molecular formula is C9H11NO. The van der Waals surface area contributed by atoms with Crippen molar-refractivity contribution < 1.29 is 4.74 Å². The van der Waals surface area contributed by atoms with E-state index < -0.39 is 0 Å². The Morgan fingerprint density at radius 1 is 1.36 bits per heavy atom. The molecule has 0 fully saturated rings. The van der Waals surface area contributed by atoms with Gasteiger partial charge in [0.15, 0.2) is 6.40 Å². The maximum Gasteiger partial charge on any atom is 0.174 e. The zero-order valence-electron chi connectivity index (χ0n) is 6.53. The Morgan fingerprint density at radius 3 is 2.73 bits per heavy atom. The van der Waals surface area contributed by atoms with Gasteiger partial charge in [0.05, 0.1) is 12.3 Å². The minimum Gasteiger partial charge on any atom is -0.483 e. The van der Waals surface area contributed by atoms with Crippen LogP contribution in [0.25, 0.3) is 0 Å². The van der Waals surface area contributed by atoms with Gasteiger partial charge in [-0.2, -0.15) is 0 Å². The van der Waals surface area contributed by atoms with E-state index in [4.69, 9.17) is 4.74 Å². The zero-order valence-corrected chi connectivity index (χ0v) is 6.53. The lowest BCUT2D eigenvalue weighted by atomic mass is 10.3. The van der Waals surface area contributed by atoms with Gasteiger partial charge in [0.2, 0.25) is 0 Å². The van der Waals surface area contributed by atoms with Crippen LogP contribution in [-0.2, 0) is 4.74 Å². The summed E-state index contributed by atoms with van der Waals surface area (Å²) in [6.45, 7) is 2.59. The van der Waals surface area contributed by atoms with E-state index >= 15 is 0 Å². The van der Waals surface area contributed by atoms with Crippen molar-refractivity contribution in [1.29, 1.82) is 0 Å². The van der Waals surface area contributed by atoms with Gasteiger partial charge in [-0.3, -0.25) is 0 Å². The molecule has 11 heavy (non-hydrogen) atoms. The molecular weight excluding hydrogens is 138 g/mol. The molecule has 0 spiro atoms. The first-order valence-electron chi connectivity index (χ1n) is 3.62. The Morgan fingerprint density at radius 2 is 2.09 bits per heavy atom. The summed E-state index contributed by atoms with van der Waals surface area (Å²) in [7, 11) is 0. The van der Waals surface area contributed by atoms with Gasteiger partial charge in [-0.25, -0.2) is 4.99 Å². The SMILES string of the molecule is CCO/C=N\c1ccccc1. The van der Waals surface area contributed by atoms with Crippen LogP contribution in [0.1, 0.15) is 6.92 Å². The number of ether oxygens (including phenoxy) is 1. The number of benzene rings is 1. The van der Waals surface area contributed by atoms with Crippen molar-refractivity contribution in [3.8, 4) is 0 Å². The average molecular weight is 149 g/mol. The lowest BCUT2D eigenvalue weighted by molar-refractivity contribution is 0.344. The monoisotopic (exact) mass is 149 g/mol. The van der Waals surface area contributed by atoms with Crippen molar-refractivity contribution in [3.63, 3.8) is 0 Å². The fraction of sp³-hybridized carbons (Fsp3) is 0.222. The van der Waals surface area contributed by atoms with Gasteiger partial charge < -0.3 is 4.74 Å². The Bertz CT molecular complexity index is 218. The minimum absolute atomic E-state index is 0.663. The van der Waals surface area contributed by atoms with Crippen LogP contribution in [0.15, 0.2) is 35.3 Å². The molecule has 0 aliphatic rings. The van der Waals surface area contributed by atoms with E-state index in [1.165, 1.54) is 6.40 Å². The fourth-order valence-corrected chi connectivity index (χ4v) is 0.687. The highest BCUT2D eigenvalue weighted by Gasteiger charge is 1.81. The number of nitrogens with zero attached hydrogens (tertiary/aromatic N) is 1. The molecule has 0 aliphatic carbocycles. The third-order valence-corrected chi connectivity index (χ3v) is 1.20. The van der Waals surface area contributed by atoms with Crippen molar-refractivity contribution in [2.75, 3.05) is 6.61 Å². The van der Waals surface area contributed by atoms with Gasteiger partial charge in [-0.15, -0.1) is 0 Å². The maximum absolute atomic E-state index is 4.95. The standard InChI is InChI=1S/C9H11NO/c1-2-11-8-10-9-6-4-3-5-7-9/h3-8H,2H2,1H3/b10-8-. The van der Waals surface area contributed by atoms with Gasteiger partial charge in [0.25, 0.3) is 0 Å². The highest BCUT2D eigenvalue weighted by Crippen LogP contribution is 2.07. The largest absolute Gasteiger partial charge is 0.483 e. The zero-order chi connectivity index (χ0) is 7.94. The fourth-order valence-electron chi connectivity index (χ4n) is 0.687. The predicted octanol–water partition coefficient (Wildman–Crippen LogP) is 2.38. The van der Waals surface area contributed by atoms with E-state index in [1.807, 2.05) is 37.3 Å². The lowest BCUT2D eigenvalue weighted by Gasteiger charge is -1.92. The second-order valence-electron chi connectivity index (χ2n) is 2.03. The van der Waals surface area contributed by atoms with Crippen molar-refractivity contribution in [3.05, 3.63) is 30.3 Å². The Kier molecular flexibility index (Phi) is 3.19. The third kappa shape index (κ3) is 2.85. The van der Waals surface area contributed by atoms with Crippen LogP contribution in [-0.4, -0.2) is 13.0 Å². The first kappa shape index (κ1) is 7.79. The molecule has 0 atom stereocenters. The van der Waals surface area contributed by atoms with E-state index in [9.17, 15) is 0 Å². The van der Waals surface area contributed by atoms with Gasteiger partial charge in [-0.1, -0.05) is 18.2 Å². The van der Waals surface area contributed by atoms with Crippen molar-refractivity contribution in [1.82, 2.24) is 0 Å². The van der Waals surface area contributed by atoms with Gasteiger partial charge in [0, 0.05) is 0 Å². The molecule has 0 saturated heterocycles. The molecule has 58 valence electrons. The minimum atomic E-state index is 0.663. The number of hydrogen-bond acceptors (Lipinski definition) is 2. The topological polar surface area (TPSA) is 21.6 Å². The molecule has 2 nitrogen and oxygen atoms in total. The van der Waals surface area contributed by atoms with E-state index in [-0.39, 0.29) is 0 Å². The molecule has 2 heteroatoms. The molecule has 0 aromatic heterocycles. The summed E-state index contributed by atoms with van der Waals surface area (Å²) in [6, 6.07) is 9.70. The van der Waals surface area contributed by atoms with Crippen LogP contribution >= 0.6 is 0 Å². The highest BCUT2D eigenvalue weighted by molar-refractivity contribution is 5.55. The van der Waals surface area contributed by atoms with Crippen LogP contribution in [0.4, 0.5) is 5.69 Å². The van der Waals surface area contributed by atoms with Gasteiger partial charge in [0.1, 0.15) is 0 Å². The molecule has 0 radical (unpaired) electrons. The van der Waals surface area contributed by atoms with Gasteiger partial charge >= 0.3 is 0 Å². The molecule has 0 N–H and O–H groups in total. The highest BCUT2D eigenvalue weighted by atomic mass is 16.5. The van der Waals surface area contributed by atoms with E-state index in [2.05, 4.69) is 4.99 Å². The number of rotatable bonds is 3. The second-order valence-corrected chi connectivity index (χ2v) is 2.03. The molecule has 1 aromatic carbocycles. The molecule has 0 unspecified atom stereocenters. The molecule has 1 aromatic rings. The van der Waals surface area contributed by atoms with Crippen LogP contribution in [0.5, 0.6) is 0 Å². The lowest BCUT2D eigenvalue weighted by Crippen LogP contribution is -1.83. The average Bonchev–Trinajstić information content (AvgIpc) is 2.07. The number of hydrogen-bond donors (Lipinski definition) is 0. The normalized spacial score (nSPS) is 10.3. The molecule has 0 bridgehead atoms. The summed E-state index contributed by atoms with van der Waals surface area (Å²) in [5.41, 5.74) is 0.918. The molecule has 0 amide bonds. The smallest absolute Gasteiger partial charge is 0.174 e. The molecule has 0 saturated carbocycles. The van der Waals surface area contributed by atoms with Crippen LogP contribution < -0.4 is 0 Å². The van der Waals surface area contributed by atoms with Crippen LogP contribution in [0.2, 0.25) is 0 Å². The Balaban J connectivity index is 2.50. The first-order chi connectivity index (χ1) is 5.43. The summed E-state index contributed by atoms with van der Waals surface area (Å²) >= 11 is 0. The molecule has 0 heterocycles. The summed E-state index contributed by atoms with van der Waals surface area (Å²) < 4.78 is 4.95. The van der Waals surface area contributed by atoms with Crippen molar-refractivity contribution in [2.45, 2.75) is 6.92 Å². The molecule has 1 rings (SSSR count). The maximum atomic E-state index is 4.95. The predicted molar refractivity (Wildman–Crippen MR) is 46.2 cm³/mol. The Labute approximate surface area is 66.5 Å². The van der Waals surface area contributed by atoms with Crippen LogP contribution in [0, 0.1) is 0 Å². The molecule has 0 aliphatic heterocycles. The summed E-state index contributed by atoms with van der Waals surface area (Å²) in [4.78, 5) is 4.05. The quantitative estimate of drug-likeness (QED) is 0.477. The first-order valence-corrected chi connectivity index (χ1v) is 3.62. The summed E-state index contributed by atoms with van der Waals surface area (Å²) in [6.07, 6.45) is 1.47.